The van der Waals surface area contributed by atoms with Gasteiger partial charge in [-0.3, -0.25) is 0 Å². The van der Waals surface area contributed by atoms with Crippen LogP contribution in [0.15, 0.2) is 28.7 Å². The monoisotopic (exact) mass is 417 g/mol. The highest BCUT2D eigenvalue weighted by atomic mass is 16.5. The van der Waals surface area contributed by atoms with Crippen LogP contribution in [-0.2, 0) is 32.0 Å². The average Bonchev–Trinajstić information content (AvgIpc) is 3.16. The predicted octanol–water partition coefficient (Wildman–Crippen LogP) is 4.16. The minimum absolute atomic E-state index is 0.0215. The molecule has 1 aromatic carbocycles. The number of rotatable bonds is 10. The number of nitrogens with zero attached hydrogens (tertiary/aromatic N) is 1. The lowest BCUT2D eigenvalue weighted by molar-refractivity contribution is -0.155. The first-order valence-electron chi connectivity index (χ1n) is 10.5. The quantitative estimate of drug-likeness (QED) is 0.621. The standard InChI is InChI=1S/C23H31NO6/c1-4-20-19(24-22(30-20)16-10-8-15(2)9-11-16)13-28-17-6-5-7-18(12-17)29-14-21(27-3)23(25)26/h8-11,17-18,21H,4-7,12-14H2,1-3H3,(H,25,26)/t17-,18+,21?/m0/s1. The number of aryl methyl sites for hydroxylation is 2. The minimum atomic E-state index is -1.01. The molecular weight excluding hydrogens is 386 g/mol. The second kappa shape index (κ2) is 10.7. The molecule has 0 radical (unpaired) electrons. The molecule has 0 amide bonds. The van der Waals surface area contributed by atoms with Gasteiger partial charge in [0.2, 0.25) is 5.89 Å². The van der Waals surface area contributed by atoms with Crippen LogP contribution in [0.2, 0.25) is 0 Å². The fourth-order valence-electron chi connectivity index (χ4n) is 3.66. The topological polar surface area (TPSA) is 91.0 Å². The summed E-state index contributed by atoms with van der Waals surface area (Å²) in [5.41, 5.74) is 2.99. The summed E-state index contributed by atoms with van der Waals surface area (Å²) in [5, 5.41) is 9.07. The molecule has 0 aliphatic heterocycles. The lowest BCUT2D eigenvalue weighted by Gasteiger charge is -2.29. The molecule has 164 valence electrons. The molecule has 0 saturated heterocycles. The van der Waals surface area contributed by atoms with E-state index in [0.29, 0.717) is 12.5 Å². The molecule has 1 unspecified atom stereocenters. The Morgan fingerprint density at radius 1 is 1.23 bits per heavy atom. The van der Waals surface area contributed by atoms with E-state index in [0.717, 1.165) is 49.1 Å². The van der Waals surface area contributed by atoms with Gasteiger partial charge in [-0.25, -0.2) is 9.78 Å². The first kappa shape index (κ1) is 22.5. The minimum Gasteiger partial charge on any atom is -0.479 e. The van der Waals surface area contributed by atoms with Crippen molar-refractivity contribution in [2.24, 2.45) is 0 Å². The second-order valence-electron chi connectivity index (χ2n) is 7.73. The summed E-state index contributed by atoms with van der Waals surface area (Å²) in [5.74, 6) is 0.455. The number of hydrogen-bond donors (Lipinski definition) is 1. The molecule has 2 aromatic rings. The molecule has 7 heteroatoms. The number of ether oxygens (including phenoxy) is 3. The fourth-order valence-corrected chi connectivity index (χ4v) is 3.66. The molecule has 3 rings (SSSR count). The summed E-state index contributed by atoms with van der Waals surface area (Å²) in [6.45, 7) is 4.54. The van der Waals surface area contributed by atoms with Crippen LogP contribution >= 0.6 is 0 Å². The zero-order valence-corrected chi connectivity index (χ0v) is 17.9. The van der Waals surface area contributed by atoms with E-state index in [9.17, 15) is 4.79 Å². The van der Waals surface area contributed by atoms with Crippen molar-refractivity contribution in [1.82, 2.24) is 4.98 Å². The number of hydrogen-bond acceptors (Lipinski definition) is 6. The van der Waals surface area contributed by atoms with E-state index in [1.165, 1.54) is 12.7 Å². The van der Waals surface area contributed by atoms with Crippen LogP contribution in [-0.4, -0.2) is 48.1 Å². The summed E-state index contributed by atoms with van der Waals surface area (Å²) in [4.78, 5) is 15.7. The Morgan fingerprint density at radius 2 is 1.93 bits per heavy atom. The van der Waals surface area contributed by atoms with Crippen molar-refractivity contribution in [3.05, 3.63) is 41.3 Å². The van der Waals surface area contributed by atoms with Gasteiger partial charge in [-0.2, -0.15) is 0 Å². The lowest BCUT2D eigenvalue weighted by Crippen LogP contribution is -2.34. The maximum absolute atomic E-state index is 11.1. The number of methoxy groups -OCH3 is 1. The van der Waals surface area contributed by atoms with Crippen molar-refractivity contribution in [3.63, 3.8) is 0 Å². The van der Waals surface area contributed by atoms with E-state index in [1.807, 2.05) is 38.1 Å². The highest BCUT2D eigenvalue weighted by molar-refractivity contribution is 5.72. The van der Waals surface area contributed by atoms with Gasteiger partial charge >= 0.3 is 5.97 Å². The van der Waals surface area contributed by atoms with Crippen molar-refractivity contribution in [3.8, 4) is 11.5 Å². The highest BCUT2D eigenvalue weighted by Crippen LogP contribution is 2.27. The molecule has 1 saturated carbocycles. The number of benzene rings is 1. The second-order valence-corrected chi connectivity index (χ2v) is 7.73. The van der Waals surface area contributed by atoms with Gasteiger partial charge in [-0.05, 0) is 44.7 Å². The highest BCUT2D eigenvalue weighted by Gasteiger charge is 2.26. The molecule has 1 heterocycles. The lowest BCUT2D eigenvalue weighted by atomic mass is 9.95. The Hall–Kier alpha value is -2.22. The van der Waals surface area contributed by atoms with Gasteiger partial charge in [0.1, 0.15) is 11.5 Å². The molecule has 0 spiro atoms. The van der Waals surface area contributed by atoms with Crippen molar-refractivity contribution < 1.29 is 28.5 Å². The van der Waals surface area contributed by atoms with Gasteiger partial charge in [-0.15, -0.1) is 0 Å². The number of carbonyl (C=O) groups is 1. The van der Waals surface area contributed by atoms with Crippen molar-refractivity contribution in [2.45, 2.75) is 70.9 Å². The third-order valence-corrected chi connectivity index (χ3v) is 5.47. The summed E-state index contributed by atoms with van der Waals surface area (Å²) in [7, 11) is 1.38. The SMILES string of the molecule is CCc1oc(-c2ccc(C)cc2)nc1CO[C@H]1CCC[C@@H](OCC(OC)C(=O)O)C1. The fraction of sp³-hybridized carbons (Fsp3) is 0.565. The first-order chi connectivity index (χ1) is 14.5. The van der Waals surface area contributed by atoms with Crippen LogP contribution in [0.1, 0.15) is 49.6 Å². The summed E-state index contributed by atoms with van der Waals surface area (Å²) >= 11 is 0. The number of aromatic nitrogens is 1. The summed E-state index contributed by atoms with van der Waals surface area (Å²) < 4.78 is 22.8. The Kier molecular flexibility index (Phi) is 8.01. The van der Waals surface area contributed by atoms with Crippen molar-refractivity contribution >= 4 is 5.97 Å². The maximum atomic E-state index is 11.1. The van der Waals surface area contributed by atoms with E-state index in [2.05, 4.69) is 4.98 Å². The third-order valence-electron chi connectivity index (χ3n) is 5.47. The van der Waals surface area contributed by atoms with Crippen LogP contribution in [0.3, 0.4) is 0 Å². The van der Waals surface area contributed by atoms with Gasteiger partial charge < -0.3 is 23.7 Å². The first-order valence-corrected chi connectivity index (χ1v) is 10.5. The van der Waals surface area contributed by atoms with Gasteiger partial charge in [0.15, 0.2) is 6.10 Å². The largest absolute Gasteiger partial charge is 0.479 e. The van der Waals surface area contributed by atoms with E-state index < -0.39 is 12.1 Å². The molecule has 3 atom stereocenters. The summed E-state index contributed by atoms with van der Waals surface area (Å²) in [6.07, 6.45) is 3.42. The van der Waals surface area contributed by atoms with E-state index in [1.54, 1.807) is 0 Å². The zero-order chi connectivity index (χ0) is 21.5. The Balaban J connectivity index is 1.55. The Labute approximate surface area is 177 Å². The van der Waals surface area contributed by atoms with Crippen LogP contribution in [0.25, 0.3) is 11.5 Å². The zero-order valence-electron chi connectivity index (χ0n) is 17.9. The molecule has 1 N–H and O–H groups in total. The molecule has 30 heavy (non-hydrogen) atoms. The van der Waals surface area contributed by atoms with Crippen LogP contribution < -0.4 is 0 Å². The number of carboxylic acid groups (broad SMARTS) is 1. The Morgan fingerprint density at radius 3 is 2.57 bits per heavy atom. The van der Waals surface area contributed by atoms with Gasteiger partial charge in [0, 0.05) is 19.1 Å². The molecule has 1 aliphatic carbocycles. The normalized spacial score (nSPS) is 20.2. The van der Waals surface area contributed by atoms with Gasteiger partial charge in [-0.1, -0.05) is 24.6 Å². The third kappa shape index (κ3) is 5.90. The van der Waals surface area contributed by atoms with E-state index in [4.69, 9.17) is 23.7 Å². The predicted molar refractivity (Wildman–Crippen MR) is 111 cm³/mol. The molecule has 7 nitrogen and oxygen atoms in total. The van der Waals surface area contributed by atoms with Crippen LogP contribution in [0.4, 0.5) is 0 Å². The molecule has 1 aromatic heterocycles. The average molecular weight is 418 g/mol. The smallest absolute Gasteiger partial charge is 0.335 e. The summed E-state index contributed by atoms with van der Waals surface area (Å²) in [6, 6.07) is 8.11. The van der Waals surface area contributed by atoms with E-state index >= 15 is 0 Å². The van der Waals surface area contributed by atoms with Gasteiger partial charge in [0.05, 0.1) is 25.4 Å². The Bertz CT molecular complexity index is 816. The molecular formula is C23H31NO6. The number of oxazole rings is 1. The van der Waals surface area contributed by atoms with Crippen LogP contribution in [0, 0.1) is 6.92 Å². The van der Waals surface area contributed by atoms with Crippen LogP contribution in [0.5, 0.6) is 0 Å². The van der Waals surface area contributed by atoms with Crippen molar-refractivity contribution in [2.75, 3.05) is 13.7 Å². The number of carboxylic acids is 1. The molecule has 0 bridgehead atoms. The van der Waals surface area contributed by atoms with E-state index in [-0.39, 0.29) is 18.8 Å². The number of aliphatic carboxylic acids is 1. The molecule has 1 aliphatic rings. The maximum Gasteiger partial charge on any atom is 0.335 e. The van der Waals surface area contributed by atoms with Gasteiger partial charge in [0.25, 0.3) is 0 Å². The molecule has 1 fully saturated rings. The van der Waals surface area contributed by atoms with Crippen molar-refractivity contribution in [1.29, 1.82) is 0 Å².